The lowest BCUT2D eigenvalue weighted by molar-refractivity contribution is 0.00744. The predicted molar refractivity (Wildman–Crippen MR) is 58.2 cm³/mol. The smallest absolute Gasteiger partial charge is 0.334 e. The van der Waals surface area contributed by atoms with Crippen LogP contribution in [0.5, 0.6) is 0 Å². The molecule has 1 aliphatic heterocycles. The average Bonchev–Trinajstić information content (AvgIpc) is 2.20. The van der Waals surface area contributed by atoms with E-state index in [1.54, 1.807) is 12.0 Å². The van der Waals surface area contributed by atoms with Crippen LogP contribution in [0.25, 0.3) is 0 Å². The highest BCUT2D eigenvalue weighted by atomic mass is 16.5. The van der Waals surface area contributed by atoms with Crippen LogP contribution in [0.15, 0.2) is 0 Å². The molecule has 1 heterocycles. The fourth-order valence-electron chi connectivity index (χ4n) is 1.52. The number of nitrogens with two attached hydrogens (primary N) is 1. The van der Waals surface area contributed by atoms with Gasteiger partial charge in [0.1, 0.15) is 0 Å². The number of hydrogen-bond donors (Lipinski definition) is 1. The van der Waals surface area contributed by atoms with Crippen molar-refractivity contribution in [3.63, 3.8) is 0 Å². The van der Waals surface area contributed by atoms with Crippen LogP contribution in [0, 0.1) is 0 Å². The molecule has 1 rings (SSSR count). The molecule has 5 heteroatoms. The monoisotopic (exact) mass is 215 g/mol. The highest BCUT2D eigenvalue weighted by Crippen LogP contribution is 2.15. The maximum absolute atomic E-state index is 11.6. The van der Waals surface area contributed by atoms with E-state index in [9.17, 15) is 4.79 Å². The Labute approximate surface area is 91.1 Å². The van der Waals surface area contributed by atoms with E-state index in [1.165, 1.54) is 5.01 Å². The van der Waals surface area contributed by atoms with Gasteiger partial charge < -0.3 is 9.64 Å². The van der Waals surface area contributed by atoms with Gasteiger partial charge in [-0.25, -0.2) is 10.6 Å². The molecule has 2 N–H and O–H groups in total. The van der Waals surface area contributed by atoms with Gasteiger partial charge in [-0.05, 0) is 26.7 Å². The molecule has 15 heavy (non-hydrogen) atoms. The Morgan fingerprint density at radius 3 is 2.73 bits per heavy atom. The van der Waals surface area contributed by atoms with Crippen LogP contribution in [-0.2, 0) is 4.74 Å². The van der Waals surface area contributed by atoms with Gasteiger partial charge in [0.15, 0.2) is 0 Å². The minimum absolute atomic E-state index is 0.0758. The van der Waals surface area contributed by atoms with Gasteiger partial charge >= 0.3 is 6.03 Å². The molecular formula is C10H21N3O2. The predicted octanol–water partition coefficient (Wildman–Crippen LogP) is 0.803. The fraction of sp³-hybridized carbons (Fsp3) is 0.900. The minimum Gasteiger partial charge on any atom is -0.379 e. The summed E-state index contributed by atoms with van der Waals surface area (Å²) in [7, 11) is 1.69. The number of hydrogen-bond acceptors (Lipinski definition) is 3. The summed E-state index contributed by atoms with van der Waals surface area (Å²) < 4.78 is 5.31. The molecule has 0 atom stereocenters. The number of hydrazine groups is 1. The lowest BCUT2D eigenvalue weighted by Gasteiger charge is -2.34. The zero-order chi connectivity index (χ0) is 11.5. The molecule has 0 aromatic heterocycles. The van der Waals surface area contributed by atoms with E-state index in [2.05, 4.69) is 0 Å². The third kappa shape index (κ3) is 3.35. The summed E-state index contributed by atoms with van der Waals surface area (Å²) in [6.45, 7) is 6.19. The molecule has 0 saturated carbocycles. The maximum Gasteiger partial charge on any atom is 0.334 e. The van der Waals surface area contributed by atoms with Crippen LogP contribution in [0.1, 0.15) is 26.7 Å². The molecule has 1 fully saturated rings. The van der Waals surface area contributed by atoms with Gasteiger partial charge in [0.25, 0.3) is 0 Å². The lowest BCUT2D eigenvalue weighted by Crippen LogP contribution is -2.53. The van der Waals surface area contributed by atoms with E-state index >= 15 is 0 Å². The lowest BCUT2D eigenvalue weighted by atomic mass is 10.0. The van der Waals surface area contributed by atoms with Crippen molar-refractivity contribution >= 4 is 6.03 Å². The molecule has 0 unspecified atom stereocenters. The Hall–Kier alpha value is -0.810. The van der Waals surface area contributed by atoms with E-state index in [4.69, 9.17) is 10.6 Å². The van der Waals surface area contributed by atoms with Crippen molar-refractivity contribution < 1.29 is 9.53 Å². The molecule has 0 spiro atoms. The summed E-state index contributed by atoms with van der Waals surface area (Å²) in [6, 6.07) is -0.0758. The Kier molecular flexibility index (Phi) is 3.93. The first-order valence-corrected chi connectivity index (χ1v) is 5.32. The van der Waals surface area contributed by atoms with Crippen molar-refractivity contribution in [2.75, 3.05) is 26.7 Å². The Balaban J connectivity index is 2.41. The third-order valence-corrected chi connectivity index (χ3v) is 2.88. The van der Waals surface area contributed by atoms with Crippen LogP contribution in [0.4, 0.5) is 4.79 Å². The molecule has 0 aromatic carbocycles. The van der Waals surface area contributed by atoms with Crippen LogP contribution >= 0.6 is 0 Å². The number of carbonyl (C=O) groups excluding carboxylic acids is 1. The zero-order valence-corrected chi connectivity index (χ0v) is 9.82. The number of urea groups is 1. The summed E-state index contributed by atoms with van der Waals surface area (Å²) in [5.41, 5.74) is -0.183. The summed E-state index contributed by atoms with van der Waals surface area (Å²) in [5, 5.41) is 1.28. The number of carbonyl (C=O) groups is 1. The number of rotatable bonds is 4. The van der Waals surface area contributed by atoms with Gasteiger partial charge in [-0.1, -0.05) is 0 Å². The molecule has 2 amide bonds. The maximum atomic E-state index is 11.6. The first-order valence-electron chi connectivity index (χ1n) is 5.32. The van der Waals surface area contributed by atoms with Crippen molar-refractivity contribution in [3.05, 3.63) is 0 Å². The third-order valence-electron chi connectivity index (χ3n) is 2.88. The van der Waals surface area contributed by atoms with E-state index in [0.29, 0.717) is 13.1 Å². The van der Waals surface area contributed by atoms with Crippen molar-refractivity contribution in [1.29, 1.82) is 0 Å². The fourth-order valence-corrected chi connectivity index (χ4v) is 1.52. The summed E-state index contributed by atoms with van der Waals surface area (Å²) in [6.07, 6.45) is 1.76. The molecule has 1 saturated heterocycles. The molecule has 0 bridgehead atoms. The molecular weight excluding hydrogens is 194 g/mol. The van der Waals surface area contributed by atoms with Crippen LogP contribution in [0.2, 0.25) is 0 Å². The number of nitrogens with zero attached hydrogens (tertiary/aromatic N) is 2. The van der Waals surface area contributed by atoms with E-state index in [0.717, 1.165) is 19.4 Å². The second-order valence-corrected chi connectivity index (χ2v) is 4.53. The normalized spacial score (nSPS) is 18.5. The molecule has 88 valence electrons. The van der Waals surface area contributed by atoms with Crippen LogP contribution in [-0.4, -0.2) is 48.3 Å². The second-order valence-electron chi connectivity index (χ2n) is 4.53. The van der Waals surface area contributed by atoms with Crippen molar-refractivity contribution in [2.45, 2.75) is 32.3 Å². The van der Waals surface area contributed by atoms with Gasteiger partial charge in [-0.2, -0.15) is 0 Å². The summed E-state index contributed by atoms with van der Waals surface area (Å²) in [4.78, 5) is 13.4. The van der Waals surface area contributed by atoms with E-state index in [-0.39, 0.29) is 11.6 Å². The van der Waals surface area contributed by atoms with Gasteiger partial charge in [-0.15, -0.1) is 0 Å². The first kappa shape index (κ1) is 12.3. The Morgan fingerprint density at radius 2 is 2.13 bits per heavy atom. The van der Waals surface area contributed by atoms with Crippen LogP contribution in [0.3, 0.4) is 0 Å². The van der Waals surface area contributed by atoms with Crippen molar-refractivity contribution in [3.8, 4) is 0 Å². The Morgan fingerprint density at radius 1 is 1.47 bits per heavy atom. The number of methoxy groups -OCH3 is 1. The topological polar surface area (TPSA) is 58.8 Å². The summed E-state index contributed by atoms with van der Waals surface area (Å²) in [5.74, 6) is 5.55. The SMILES string of the molecule is COC(C)(C)CCN1CCCN(N)C1=O. The molecule has 0 aromatic rings. The van der Waals surface area contributed by atoms with Crippen molar-refractivity contribution in [1.82, 2.24) is 9.91 Å². The Bertz CT molecular complexity index is 231. The van der Waals surface area contributed by atoms with Gasteiger partial charge in [-0.3, -0.25) is 5.01 Å². The van der Waals surface area contributed by atoms with E-state index < -0.39 is 0 Å². The molecule has 5 nitrogen and oxygen atoms in total. The highest BCUT2D eigenvalue weighted by molar-refractivity contribution is 5.74. The second kappa shape index (κ2) is 4.81. The van der Waals surface area contributed by atoms with Gasteiger partial charge in [0.05, 0.1) is 5.60 Å². The van der Waals surface area contributed by atoms with Gasteiger partial charge in [0, 0.05) is 26.7 Å². The quantitative estimate of drug-likeness (QED) is 0.557. The minimum atomic E-state index is -0.183. The van der Waals surface area contributed by atoms with Gasteiger partial charge in [0.2, 0.25) is 0 Å². The zero-order valence-electron chi connectivity index (χ0n) is 9.82. The molecule has 0 radical (unpaired) electrons. The van der Waals surface area contributed by atoms with E-state index in [1.807, 2.05) is 13.8 Å². The van der Waals surface area contributed by atoms with Crippen molar-refractivity contribution in [2.24, 2.45) is 5.84 Å². The number of ether oxygens (including phenoxy) is 1. The average molecular weight is 215 g/mol. The first-order chi connectivity index (χ1) is 6.96. The highest BCUT2D eigenvalue weighted by Gasteiger charge is 2.25. The molecule has 0 aliphatic carbocycles. The summed E-state index contributed by atoms with van der Waals surface area (Å²) >= 11 is 0. The largest absolute Gasteiger partial charge is 0.379 e. The standard InChI is InChI=1S/C10H21N3O2/c1-10(2,15-3)5-8-12-6-4-7-13(11)9(12)14/h4-8,11H2,1-3H3. The van der Waals surface area contributed by atoms with Crippen LogP contribution < -0.4 is 5.84 Å². The number of amides is 2. The molecule has 1 aliphatic rings.